The second-order valence-corrected chi connectivity index (χ2v) is 16.3. The van der Waals surface area contributed by atoms with Crippen molar-refractivity contribution < 1.29 is 4.74 Å². The molecule has 0 saturated carbocycles. The molecule has 0 N–H and O–H groups in total. The summed E-state index contributed by atoms with van der Waals surface area (Å²) in [7, 11) is 0. The van der Waals surface area contributed by atoms with Crippen LogP contribution in [0, 0.1) is 0 Å². The van der Waals surface area contributed by atoms with Crippen molar-refractivity contribution in [2.45, 2.75) is 10.8 Å². The lowest BCUT2D eigenvalue weighted by molar-refractivity contribution is 0.437. The Balaban J connectivity index is 1.10. The van der Waals surface area contributed by atoms with Crippen LogP contribution in [0.4, 0.5) is 0 Å². The summed E-state index contributed by atoms with van der Waals surface area (Å²) in [4.78, 5) is 0. The number of ether oxygens (including phenoxy) is 1. The van der Waals surface area contributed by atoms with Crippen LogP contribution in [-0.4, -0.2) is 0 Å². The predicted octanol–water partition coefficient (Wildman–Crippen LogP) is 14.5. The van der Waals surface area contributed by atoms with E-state index in [0.717, 1.165) is 17.1 Å². The van der Waals surface area contributed by atoms with Crippen LogP contribution < -0.4 is 4.74 Å². The third-order valence-electron chi connectivity index (χ3n) is 13.6. The molecule has 0 fully saturated rings. The van der Waals surface area contributed by atoms with E-state index in [9.17, 15) is 0 Å². The average molecular weight is 749 g/mol. The van der Waals surface area contributed by atoms with Crippen LogP contribution in [0.15, 0.2) is 218 Å². The summed E-state index contributed by atoms with van der Waals surface area (Å²) in [6.07, 6.45) is 0. The molecule has 0 aromatic heterocycles. The van der Waals surface area contributed by atoms with Crippen molar-refractivity contribution in [1.82, 2.24) is 0 Å². The van der Waals surface area contributed by atoms with E-state index < -0.39 is 10.8 Å². The van der Waals surface area contributed by atoms with Crippen LogP contribution in [0.25, 0.3) is 54.9 Å². The Morgan fingerprint density at radius 1 is 0.288 bits per heavy atom. The molecule has 1 nitrogen and oxygen atoms in total. The summed E-state index contributed by atoms with van der Waals surface area (Å²) in [5.41, 5.74) is 16.5. The van der Waals surface area contributed by atoms with Gasteiger partial charge in [0, 0.05) is 11.1 Å². The smallest absolute Gasteiger partial charge is 0.132 e. The molecule has 2 aliphatic carbocycles. The largest absolute Gasteiger partial charge is 0.457 e. The van der Waals surface area contributed by atoms with Crippen molar-refractivity contribution in [1.29, 1.82) is 0 Å². The summed E-state index contributed by atoms with van der Waals surface area (Å²) in [5, 5.41) is 4.92. The molecular formula is C58H36O. The highest BCUT2D eigenvalue weighted by molar-refractivity contribution is 6.04. The maximum atomic E-state index is 7.00. The third kappa shape index (κ3) is 4.24. The van der Waals surface area contributed by atoms with Crippen LogP contribution in [0.5, 0.6) is 11.5 Å². The molecule has 274 valence electrons. The van der Waals surface area contributed by atoms with E-state index in [1.807, 2.05) is 0 Å². The molecule has 1 heterocycles. The zero-order chi connectivity index (χ0) is 38.7. The topological polar surface area (TPSA) is 9.23 Å². The summed E-state index contributed by atoms with van der Waals surface area (Å²) < 4.78 is 7.00. The highest BCUT2D eigenvalue weighted by Gasteiger charge is 2.52. The van der Waals surface area contributed by atoms with Gasteiger partial charge in [0.2, 0.25) is 0 Å². The average Bonchev–Trinajstić information content (AvgIpc) is 3.77. The third-order valence-corrected chi connectivity index (χ3v) is 13.6. The predicted molar refractivity (Wildman–Crippen MR) is 242 cm³/mol. The zero-order valence-electron chi connectivity index (χ0n) is 32.2. The van der Waals surface area contributed by atoms with Crippen molar-refractivity contribution >= 4 is 21.5 Å². The monoisotopic (exact) mass is 748 g/mol. The Kier molecular flexibility index (Phi) is 6.64. The minimum absolute atomic E-state index is 0.519. The Labute approximate surface area is 343 Å². The highest BCUT2D eigenvalue weighted by atomic mass is 16.5. The molecule has 59 heavy (non-hydrogen) atoms. The second-order valence-electron chi connectivity index (χ2n) is 16.3. The standard InChI is InChI=1S/C58H36O/c1-3-18-42(19-4-1)57(43-20-5-2-6-21-43)50-31-28-37-15-9-10-22-44(37)56(50)47-30-27-40(33-51(47)57)41-29-32-54-52(35-41)58(53-34-38-16-7-8-17-39(38)36-55(53)59-54)48-25-13-11-23-45(48)46-24-12-14-26-49(46)58/h1-36H. The Morgan fingerprint density at radius 2 is 0.831 bits per heavy atom. The first-order valence-corrected chi connectivity index (χ1v) is 20.6. The molecule has 10 aromatic carbocycles. The number of hydrogen-bond donors (Lipinski definition) is 0. The van der Waals surface area contributed by atoms with Crippen molar-refractivity contribution in [3.8, 4) is 44.9 Å². The molecule has 0 atom stereocenters. The summed E-state index contributed by atoms with van der Waals surface area (Å²) in [6.45, 7) is 0. The first-order chi connectivity index (χ1) is 29.2. The lowest BCUT2D eigenvalue weighted by atomic mass is 9.65. The number of fused-ring (bicyclic) bond motifs is 15. The van der Waals surface area contributed by atoms with E-state index in [0.29, 0.717) is 0 Å². The van der Waals surface area contributed by atoms with E-state index in [1.165, 1.54) is 93.9 Å². The van der Waals surface area contributed by atoms with Gasteiger partial charge in [0.25, 0.3) is 0 Å². The van der Waals surface area contributed by atoms with Gasteiger partial charge in [-0.15, -0.1) is 0 Å². The first-order valence-electron chi connectivity index (χ1n) is 20.6. The van der Waals surface area contributed by atoms with E-state index in [4.69, 9.17) is 4.74 Å². The van der Waals surface area contributed by atoms with Crippen molar-refractivity contribution in [3.05, 3.63) is 263 Å². The maximum Gasteiger partial charge on any atom is 0.132 e. The minimum atomic E-state index is -0.570. The van der Waals surface area contributed by atoms with Gasteiger partial charge < -0.3 is 4.74 Å². The molecule has 0 unspecified atom stereocenters. The van der Waals surface area contributed by atoms with Gasteiger partial charge in [0.05, 0.1) is 10.8 Å². The highest BCUT2D eigenvalue weighted by Crippen LogP contribution is 2.63. The van der Waals surface area contributed by atoms with Crippen molar-refractivity contribution in [3.63, 3.8) is 0 Å². The molecule has 0 radical (unpaired) electrons. The molecule has 10 aromatic rings. The van der Waals surface area contributed by atoms with Gasteiger partial charge in [-0.2, -0.15) is 0 Å². The van der Waals surface area contributed by atoms with Crippen LogP contribution in [-0.2, 0) is 10.8 Å². The van der Waals surface area contributed by atoms with Crippen LogP contribution in [0.2, 0.25) is 0 Å². The lowest BCUT2D eigenvalue weighted by Crippen LogP contribution is -2.32. The molecule has 13 rings (SSSR count). The van der Waals surface area contributed by atoms with E-state index in [1.54, 1.807) is 0 Å². The number of rotatable bonds is 3. The minimum Gasteiger partial charge on any atom is -0.457 e. The molecular weight excluding hydrogens is 713 g/mol. The zero-order valence-corrected chi connectivity index (χ0v) is 32.2. The van der Waals surface area contributed by atoms with Gasteiger partial charge in [-0.05, 0) is 119 Å². The fourth-order valence-electron chi connectivity index (χ4n) is 11.2. The molecule has 1 spiro atoms. The second kappa shape index (κ2) is 12.0. The molecule has 1 heteroatoms. The molecule has 0 saturated heterocycles. The van der Waals surface area contributed by atoms with Gasteiger partial charge >= 0.3 is 0 Å². The van der Waals surface area contributed by atoms with Crippen LogP contribution in [0.1, 0.15) is 44.5 Å². The van der Waals surface area contributed by atoms with Gasteiger partial charge in [0.1, 0.15) is 11.5 Å². The molecule has 0 bridgehead atoms. The van der Waals surface area contributed by atoms with Crippen molar-refractivity contribution in [2.24, 2.45) is 0 Å². The first kappa shape index (κ1) is 32.6. The summed E-state index contributed by atoms with van der Waals surface area (Å²) >= 11 is 0. The van der Waals surface area contributed by atoms with Gasteiger partial charge in [0.15, 0.2) is 0 Å². The van der Waals surface area contributed by atoms with Crippen molar-refractivity contribution in [2.75, 3.05) is 0 Å². The fraction of sp³-hybridized carbons (Fsp3) is 0.0345. The number of benzene rings is 10. The fourth-order valence-corrected chi connectivity index (χ4v) is 11.2. The summed E-state index contributed by atoms with van der Waals surface area (Å²) in [6, 6.07) is 81.1. The Bertz CT molecular complexity index is 3270. The Morgan fingerprint density at radius 3 is 1.53 bits per heavy atom. The van der Waals surface area contributed by atoms with E-state index in [2.05, 4.69) is 218 Å². The van der Waals surface area contributed by atoms with Gasteiger partial charge in [-0.25, -0.2) is 0 Å². The SMILES string of the molecule is c1ccc(C2(c3ccccc3)c3cc(-c4ccc5c(c4)C4(c6cc7ccccc7cc6O5)c5ccccc5-c5ccccc54)ccc3-c3c2ccc2ccccc32)cc1. The number of hydrogen-bond acceptors (Lipinski definition) is 1. The van der Waals surface area contributed by atoms with Crippen LogP contribution in [0.3, 0.4) is 0 Å². The van der Waals surface area contributed by atoms with E-state index >= 15 is 0 Å². The molecule has 3 aliphatic rings. The molecule has 0 amide bonds. The van der Waals surface area contributed by atoms with E-state index in [-0.39, 0.29) is 0 Å². The normalized spacial score (nSPS) is 14.5. The quantitative estimate of drug-likeness (QED) is 0.175. The van der Waals surface area contributed by atoms with Gasteiger partial charge in [-0.3, -0.25) is 0 Å². The lowest BCUT2D eigenvalue weighted by Gasteiger charge is -2.40. The Hall–Kier alpha value is -7.48. The van der Waals surface area contributed by atoms with Crippen LogP contribution >= 0.6 is 0 Å². The molecule has 1 aliphatic heterocycles. The van der Waals surface area contributed by atoms with Gasteiger partial charge in [-0.1, -0.05) is 188 Å². The maximum absolute atomic E-state index is 7.00. The summed E-state index contributed by atoms with van der Waals surface area (Å²) in [5.74, 6) is 1.81.